The van der Waals surface area contributed by atoms with Gasteiger partial charge in [0.25, 0.3) is 0 Å². The molecule has 5 heteroatoms. The number of hydrogen-bond donors (Lipinski definition) is 2. The quantitative estimate of drug-likeness (QED) is 0.635. The summed E-state index contributed by atoms with van der Waals surface area (Å²) in [5.41, 5.74) is 0. The predicted octanol–water partition coefficient (Wildman–Crippen LogP) is -0.134. The first-order valence-corrected chi connectivity index (χ1v) is 6.44. The summed E-state index contributed by atoms with van der Waals surface area (Å²) in [6, 6.07) is 0.409. The van der Waals surface area contributed by atoms with Gasteiger partial charge in [0.2, 0.25) is 11.8 Å². The molecule has 1 saturated carbocycles. The zero-order valence-electron chi connectivity index (χ0n) is 10.4. The SMILES string of the molecule is CN1CCC(NCCCC(=O)NC2CC2)C1=O. The molecule has 17 heavy (non-hydrogen) atoms. The molecule has 2 rings (SSSR count). The fraction of sp³-hybridized carbons (Fsp3) is 0.833. The van der Waals surface area contributed by atoms with Crippen molar-refractivity contribution in [2.45, 2.75) is 44.2 Å². The minimum absolute atomic E-state index is 0.0357. The van der Waals surface area contributed by atoms with Crippen LogP contribution in [-0.4, -0.2) is 48.9 Å². The van der Waals surface area contributed by atoms with Crippen LogP contribution in [0.25, 0.3) is 0 Å². The minimum atomic E-state index is -0.0357. The number of rotatable bonds is 6. The summed E-state index contributed by atoms with van der Waals surface area (Å²) < 4.78 is 0. The second-order valence-corrected chi connectivity index (χ2v) is 5.00. The van der Waals surface area contributed by atoms with Gasteiger partial charge in [0.1, 0.15) is 0 Å². The van der Waals surface area contributed by atoms with Crippen LogP contribution < -0.4 is 10.6 Å². The van der Waals surface area contributed by atoms with Crippen LogP contribution in [0, 0.1) is 0 Å². The number of amides is 2. The Balaban J connectivity index is 1.53. The van der Waals surface area contributed by atoms with E-state index in [4.69, 9.17) is 0 Å². The van der Waals surface area contributed by atoms with Crippen LogP contribution >= 0.6 is 0 Å². The molecule has 2 N–H and O–H groups in total. The largest absolute Gasteiger partial charge is 0.353 e. The molecular formula is C12H21N3O2. The van der Waals surface area contributed by atoms with Gasteiger partial charge in [-0.25, -0.2) is 0 Å². The van der Waals surface area contributed by atoms with Gasteiger partial charge in [0.05, 0.1) is 6.04 Å². The topological polar surface area (TPSA) is 61.4 Å². The van der Waals surface area contributed by atoms with Crippen molar-refractivity contribution in [3.8, 4) is 0 Å². The zero-order chi connectivity index (χ0) is 12.3. The summed E-state index contributed by atoms with van der Waals surface area (Å²) in [7, 11) is 1.83. The third-order valence-corrected chi connectivity index (χ3v) is 3.34. The summed E-state index contributed by atoms with van der Waals surface area (Å²) in [5, 5.41) is 6.17. The molecule has 0 bridgehead atoms. The minimum Gasteiger partial charge on any atom is -0.353 e. The van der Waals surface area contributed by atoms with Gasteiger partial charge >= 0.3 is 0 Å². The molecular weight excluding hydrogens is 218 g/mol. The standard InChI is InChI=1S/C12H21N3O2/c1-15-8-6-10(12(15)17)13-7-2-3-11(16)14-9-4-5-9/h9-10,13H,2-8H2,1H3,(H,14,16). The number of carbonyl (C=O) groups is 2. The highest BCUT2D eigenvalue weighted by atomic mass is 16.2. The molecule has 0 aromatic carbocycles. The van der Waals surface area contributed by atoms with E-state index in [1.807, 2.05) is 7.05 Å². The van der Waals surface area contributed by atoms with Gasteiger partial charge in [-0.15, -0.1) is 0 Å². The van der Waals surface area contributed by atoms with Crippen molar-refractivity contribution in [1.29, 1.82) is 0 Å². The summed E-state index contributed by atoms with van der Waals surface area (Å²) in [4.78, 5) is 24.7. The Labute approximate surface area is 102 Å². The van der Waals surface area contributed by atoms with E-state index in [2.05, 4.69) is 10.6 Å². The second-order valence-electron chi connectivity index (χ2n) is 5.00. The molecule has 0 aromatic heterocycles. The highest BCUT2D eigenvalue weighted by Crippen LogP contribution is 2.18. The second kappa shape index (κ2) is 5.49. The van der Waals surface area contributed by atoms with E-state index in [0.29, 0.717) is 12.5 Å². The lowest BCUT2D eigenvalue weighted by molar-refractivity contribution is -0.128. The van der Waals surface area contributed by atoms with Crippen molar-refractivity contribution in [3.05, 3.63) is 0 Å². The van der Waals surface area contributed by atoms with Crippen molar-refractivity contribution < 1.29 is 9.59 Å². The number of nitrogens with zero attached hydrogens (tertiary/aromatic N) is 1. The lowest BCUT2D eigenvalue weighted by Crippen LogP contribution is -2.37. The molecule has 2 fully saturated rings. The molecule has 0 aromatic rings. The Morgan fingerprint density at radius 1 is 1.41 bits per heavy atom. The first-order chi connectivity index (χ1) is 8.16. The van der Waals surface area contributed by atoms with E-state index >= 15 is 0 Å². The van der Waals surface area contributed by atoms with Gasteiger partial charge in [0.15, 0.2) is 0 Å². The van der Waals surface area contributed by atoms with Crippen molar-refractivity contribution in [2.24, 2.45) is 0 Å². The molecule has 1 atom stereocenters. The molecule has 5 nitrogen and oxygen atoms in total. The maximum absolute atomic E-state index is 11.6. The van der Waals surface area contributed by atoms with E-state index < -0.39 is 0 Å². The van der Waals surface area contributed by atoms with Crippen LogP contribution in [0.5, 0.6) is 0 Å². The molecule has 1 aliphatic carbocycles. The molecule has 96 valence electrons. The third kappa shape index (κ3) is 3.70. The smallest absolute Gasteiger partial charge is 0.239 e. The van der Waals surface area contributed by atoms with Crippen LogP contribution in [0.3, 0.4) is 0 Å². The molecule has 0 spiro atoms. The van der Waals surface area contributed by atoms with Gasteiger partial charge in [0, 0.05) is 26.1 Å². The van der Waals surface area contributed by atoms with Gasteiger partial charge in [-0.1, -0.05) is 0 Å². The Morgan fingerprint density at radius 3 is 2.76 bits per heavy atom. The maximum Gasteiger partial charge on any atom is 0.239 e. The Kier molecular flexibility index (Phi) is 3.99. The lowest BCUT2D eigenvalue weighted by Gasteiger charge is -2.11. The van der Waals surface area contributed by atoms with Crippen LogP contribution in [0.1, 0.15) is 32.1 Å². The normalized spacial score (nSPS) is 24.2. The molecule has 1 aliphatic heterocycles. The Bertz CT molecular complexity index is 302. The fourth-order valence-corrected chi connectivity index (χ4v) is 2.06. The van der Waals surface area contributed by atoms with Gasteiger partial charge in [-0.3, -0.25) is 9.59 Å². The number of carbonyl (C=O) groups excluding carboxylic acids is 2. The summed E-state index contributed by atoms with van der Waals surface area (Å²) in [5.74, 6) is 0.316. The number of likely N-dealkylation sites (N-methyl/N-ethyl adjacent to an activating group) is 1. The summed E-state index contributed by atoms with van der Waals surface area (Å²) in [6.45, 7) is 1.57. The van der Waals surface area contributed by atoms with Gasteiger partial charge in [-0.2, -0.15) is 0 Å². The van der Waals surface area contributed by atoms with Crippen molar-refractivity contribution in [3.63, 3.8) is 0 Å². The van der Waals surface area contributed by atoms with E-state index in [-0.39, 0.29) is 17.9 Å². The molecule has 2 amide bonds. The zero-order valence-corrected chi connectivity index (χ0v) is 10.4. The highest BCUT2D eigenvalue weighted by molar-refractivity contribution is 5.83. The van der Waals surface area contributed by atoms with Crippen molar-refractivity contribution >= 4 is 11.8 Å². The van der Waals surface area contributed by atoms with Crippen LogP contribution in [-0.2, 0) is 9.59 Å². The molecule has 0 radical (unpaired) electrons. The van der Waals surface area contributed by atoms with E-state index in [1.165, 1.54) is 0 Å². The lowest BCUT2D eigenvalue weighted by atomic mass is 10.2. The first-order valence-electron chi connectivity index (χ1n) is 6.44. The number of hydrogen-bond acceptors (Lipinski definition) is 3. The number of likely N-dealkylation sites (tertiary alicyclic amines) is 1. The molecule has 1 heterocycles. The molecule has 1 saturated heterocycles. The summed E-state index contributed by atoms with van der Waals surface area (Å²) >= 11 is 0. The van der Waals surface area contributed by atoms with Crippen molar-refractivity contribution in [1.82, 2.24) is 15.5 Å². The van der Waals surface area contributed by atoms with E-state index in [0.717, 1.165) is 38.8 Å². The molecule has 1 unspecified atom stereocenters. The van der Waals surface area contributed by atoms with Crippen molar-refractivity contribution in [2.75, 3.05) is 20.1 Å². The van der Waals surface area contributed by atoms with Crippen LogP contribution in [0.15, 0.2) is 0 Å². The average molecular weight is 239 g/mol. The first kappa shape index (κ1) is 12.4. The number of nitrogens with one attached hydrogen (secondary N) is 2. The third-order valence-electron chi connectivity index (χ3n) is 3.34. The van der Waals surface area contributed by atoms with Gasteiger partial charge in [-0.05, 0) is 32.2 Å². The fourth-order valence-electron chi connectivity index (χ4n) is 2.06. The van der Waals surface area contributed by atoms with Crippen LogP contribution in [0.4, 0.5) is 0 Å². The average Bonchev–Trinajstić information content (AvgIpc) is 3.05. The molecule has 2 aliphatic rings. The van der Waals surface area contributed by atoms with E-state index in [9.17, 15) is 9.59 Å². The predicted molar refractivity (Wildman–Crippen MR) is 64.4 cm³/mol. The summed E-state index contributed by atoms with van der Waals surface area (Å²) in [6.07, 6.45) is 4.50. The van der Waals surface area contributed by atoms with Crippen LogP contribution in [0.2, 0.25) is 0 Å². The maximum atomic E-state index is 11.6. The van der Waals surface area contributed by atoms with Gasteiger partial charge < -0.3 is 15.5 Å². The van der Waals surface area contributed by atoms with E-state index in [1.54, 1.807) is 4.90 Å². The highest BCUT2D eigenvalue weighted by Gasteiger charge is 2.28. The Hall–Kier alpha value is -1.10. The monoisotopic (exact) mass is 239 g/mol. The Morgan fingerprint density at radius 2 is 2.18 bits per heavy atom.